The van der Waals surface area contributed by atoms with Gasteiger partial charge in [0.25, 0.3) is 0 Å². The van der Waals surface area contributed by atoms with Gasteiger partial charge >= 0.3 is 6.03 Å². The van der Waals surface area contributed by atoms with Crippen LogP contribution >= 0.6 is 12.4 Å². The lowest BCUT2D eigenvalue weighted by molar-refractivity contribution is 0.212. The summed E-state index contributed by atoms with van der Waals surface area (Å²) in [6, 6.07) is -0.215. The number of fused-ring (bicyclic) bond motifs is 1. The summed E-state index contributed by atoms with van der Waals surface area (Å²) in [7, 11) is 0. The van der Waals surface area contributed by atoms with Crippen molar-refractivity contribution in [2.24, 2.45) is 5.73 Å². The Hall–Kier alpha value is -1.31. The number of rotatable bonds is 4. The molecule has 112 valence electrons. The van der Waals surface area contributed by atoms with Crippen LogP contribution in [0.1, 0.15) is 44.1 Å². The van der Waals surface area contributed by atoms with Crippen LogP contribution in [0, 0.1) is 0 Å². The topological polar surface area (TPSA) is 99.1 Å². The number of hydrogen-bond acceptors (Lipinski definition) is 4. The van der Waals surface area contributed by atoms with Crippen molar-refractivity contribution in [1.82, 2.24) is 20.6 Å². The number of aromatic nitrogens is 2. The third-order valence-electron chi connectivity index (χ3n) is 3.64. The highest BCUT2D eigenvalue weighted by Gasteiger charge is 2.43. The second kappa shape index (κ2) is 5.23. The van der Waals surface area contributed by atoms with Gasteiger partial charge in [0.05, 0.1) is 0 Å². The minimum absolute atomic E-state index is 0. The average Bonchev–Trinajstić information content (AvgIpc) is 3.10. The molecule has 0 saturated heterocycles. The zero-order valence-corrected chi connectivity index (χ0v) is 12.5. The minimum atomic E-state index is -1.06. The molecular weight excluding hydrogens is 280 g/mol. The molecule has 2 aliphatic rings. The van der Waals surface area contributed by atoms with Crippen LogP contribution in [0.3, 0.4) is 0 Å². The largest absolute Gasteiger partial charge is 0.340 e. The van der Waals surface area contributed by atoms with Crippen LogP contribution in [0.5, 0.6) is 0 Å². The van der Waals surface area contributed by atoms with Gasteiger partial charge in [0, 0.05) is 12.5 Å². The van der Waals surface area contributed by atoms with Crippen LogP contribution in [0.25, 0.3) is 0 Å². The third kappa shape index (κ3) is 2.25. The number of carbonyl (C=O) groups excluding carboxylic acids is 1. The molecular formula is C12H21ClN6O. The van der Waals surface area contributed by atoms with Gasteiger partial charge in [-0.25, -0.2) is 9.78 Å². The van der Waals surface area contributed by atoms with E-state index < -0.39 is 5.79 Å². The first-order valence-corrected chi connectivity index (χ1v) is 6.83. The molecule has 7 nitrogen and oxygen atoms in total. The van der Waals surface area contributed by atoms with Gasteiger partial charge in [-0.15, -0.1) is 12.4 Å². The summed E-state index contributed by atoms with van der Waals surface area (Å²) in [5.41, 5.74) is 7.03. The van der Waals surface area contributed by atoms with Gasteiger partial charge in [-0.2, -0.15) is 0 Å². The molecule has 1 unspecified atom stereocenters. The highest BCUT2D eigenvalue weighted by molar-refractivity contribution is 5.94. The number of nitrogens with two attached hydrogens (primary N) is 1. The van der Waals surface area contributed by atoms with E-state index in [1.165, 1.54) is 0 Å². The summed E-state index contributed by atoms with van der Waals surface area (Å²) < 4.78 is 0. The fraction of sp³-hybridized carbons (Fsp3) is 0.667. The molecule has 8 heteroatoms. The number of urea groups is 1. The predicted molar refractivity (Wildman–Crippen MR) is 78.9 cm³/mol. The summed E-state index contributed by atoms with van der Waals surface area (Å²) in [5, 5.41) is 5.92. The number of amides is 2. The first-order chi connectivity index (χ1) is 9.09. The van der Waals surface area contributed by atoms with Gasteiger partial charge in [0.2, 0.25) is 0 Å². The molecule has 3 rings (SSSR count). The van der Waals surface area contributed by atoms with E-state index in [-0.39, 0.29) is 18.4 Å². The Morgan fingerprint density at radius 1 is 1.50 bits per heavy atom. The lowest BCUT2D eigenvalue weighted by Crippen LogP contribution is -2.68. The molecule has 1 fully saturated rings. The molecule has 1 saturated carbocycles. The molecule has 0 aromatic carbocycles. The Balaban J connectivity index is 0.00000147. The molecule has 1 aromatic heterocycles. The fourth-order valence-corrected chi connectivity index (χ4v) is 2.50. The SMILES string of the molecule is CCNC1(N)NC(=O)N(CC)c2nc(C3CC3)[nH]c21.Cl. The number of carbonyl (C=O) groups is 1. The molecule has 2 heterocycles. The fourth-order valence-electron chi connectivity index (χ4n) is 2.50. The molecule has 0 radical (unpaired) electrons. The van der Waals surface area contributed by atoms with Crippen molar-refractivity contribution in [3.05, 3.63) is 11.5 Å². The highest BCUT2D eigenvalue weighted by Crippen LogP contribution is 2.41. The van der Waals surface area contributed by atoms with Crippen LogP contribution in [0.4, 0.5) is 10.6 Å². The number of nitrogens with one attached hydrogen (secondary N) is 3. The number of halogens is 1. The molecule has 1 aliphatic carbocycles. The second-order valence-corrected chi connectivity index (χ2v) is 5.11. The van der Waals surface area contributed by atoms with E-state index in [0.29, 0.717) is 24.8 Å². The average molecular weight is 301 g/mol. The van der Waals surface area contributed by atoms with Crippen LogP contribution in [-0.2, 0) is 5.79 Å². The molecule has 20 heavy (non-hydrogen) atoms. The molecule has 2 amide bonds. The first kappa shape index (κ1) is 15.1. The maximum Gasteiger partial charge on any atom is 0.325 e. The number of hydrogen-bond donors (Lipinski definition) is 4. The van der Waals surface area contributed by atoms with Crippen molar-refractivity contribution in [3.63, 3.8) is 0 Å². The number of H-pyrrole nitrogens is 1. The highest BCUT2D eigenvalue weighted by atomic mass is 35.5. The smallest absolute Gasteiger partial charge is 0.325 e. The van der Waals surface area contributed by atoms with E-state index in [2.05, 4.69) is 20.6 Å². The monoisotopic (exact) mass is 300 g/mol. The zero-order valence-electron chi connectivity index (χ0n) is 11.7. The van der Waals surface area contributed by atoms with E-state index in [1.807, 2.05) is 13.8 Å². The summed E-state index contributed by atoms with van der Waals surface area (Å²) in [4.78, 5) is 21.6. The Kier molecular flexibility index (Phi) is 3.95. The van der Waals surface area contributed by atoms with Crippen molar-refractivity contribution in [2.45, 2.75) is 38.4 Å². The number of imidazole rings is 1. The van der Waals surface area contributed by atoms with Crippen LogP contribution in [-0.4, -0.2) is 29.1 Å². The van der Waals surface area contributed by atoms with E-state index >= 15 is 0 Å². The van der Waals surface area contributed by atoms with E-state index in [0.717, 1.165) is 24.4 Å². The van der Waals surface area contributed by atoms with Crippen molar-refractivity contribution >= 4 is 24.3 Å². The van der Waals surface area contributed by atoms with Crippen molar-refractivity contribution in [3.8, 4) is 0 Å². The van der Waals surface area contributed by atoms with Crippen molar-refractivity contribution < 1.29 is 4.79 Å². The summed E-state index contributed by atoms with van der Waals surface area (Å²) in [6.45, 7) is 5.09. The Bertz CT molecular complexity index is 514. The molecule has 5 N–H and O–H groups in total. The van der Waals surface area contributed by atoms with Crippen LogP contribution in [0.2, 0.25) is 0 Å². The van der Waals surface area contributed by atoms with Gasteiger partial charge in [0.15, 0.2) is 11.6 Å². The second-order valence-electron chi connectivity index (χ2n) is 5.11. The third-order valence-corrected chi connectivity index (χ3v) is 3.64. The van der Waals surface area contributed by atoms with Gasteiger partial charge in [0.1, 0.15) is 11.5 Å². The lowest BCUT2D eigenvalue weighted by Gasteiger charge is -2.38. The summed E-state index contributed by atoms with van der Waals surface area (Å²) >= 11 is 0. The number of aromatic amines is 1. The number of nitrogens with zero attached hydrogens (tertiary/aromatic N) is 2. The quantitative estimate of drug-likeness (QED) is 0.622. The Morgan fingerprint density at radius 3 is 2.75 bits per heavy atom. The van der Waals surface area contributed by atoms with Crippen molar-refractivity contribution in [2.75, 3.05) is 18.0 Å². The zero-order chi connectivity index (χ0) is 13.6. The van der Waals surface area contributed by atoms with E-state index in [9.17, 15) is 4.79 Å². The van der Waals surface area contributed by atoms with Gasteiger partial charge in [-0.1, -0.05) is 6.92 Å². The van der Waals surface area contributed by atoms with E-state index in [4.69, 9.17) is 5.73 Å². The molecule has 0 bridgehead atoms. The summed E-state index contributed by atoms with van der Waals surface area (Å²) in [6.07, 6.45) is 2.30. The normalized spacial score (nSPS) is 24.9. The first-order valence-electron chi connectivity index (χ1n) is 6.83. The Labute approximate surface area is 124 Å². The lowest BCUT2D eigenvalue weighted by atomic mass is 10.2. The predicted octanol–water partition coefficient (Wildman–Crippen LogP) is 0.937. The molecule has 1 aromatic rings. The molecule has 1 aliphatic heterocycles. The number of anilines is 1. The minimum Gasteiger partial charge on any atom is -0.340 e. The maximum absolute atomic E-state index is 12.1. The van der Waals surface area contributed by atoms with Crippen LogP contribution < -0.4 is 21.3 Å². The van der Waals surface area contributed by atoms with Crippen LogP contribution in [0.15, 0.2) is 0 Å². The van der Waals surface area contributed by atoms with Crippen molar-refractivity contribution in [1.29, 1.82) is 0 Å². The van der Waals surface area contributed by atoms with E-state index in [1.54, 1.807) is 4.90 Å². The maximum atomic E-state index is 12.1. The van der Waals surface area contributed by atoms with Gasteiger partial charge < -0.3 is 10.3 Å². The van der Waals surface area contributed by atoms with Gasteiger partial charge in [-0.05, 0) is 26.3 Å². The Morgan fingerprint density at radius 2 is 2.20 bits per heavy atom. The standard InChI is InChI=1S/C12H20N6O.ClH/c1-3-14-12(13)8-10(18(4-2)11(19)17-12)16-9(15-8)7-5-6-7;/h7,14H,3-6,13H2,1-2H3,(H,15,16)(H,17,19);1H. The van der Waals surface area contributed by atoms with Gasteiger partial charge in [-0.3, -0.25) is 16.0 Å². The molecule has 0 spiro atoms. The molecule has 1 atom stereocenters. The summed E-state index contributed by atoms with van der Waals surface area (Å²) in [5.74, 6) is 1.02.